The van der Waals surface area contributed by atoms with Crippen LogP contribution < -0.4 is 5.32 Å². The van der Waals surface area contributed by atoms with E-state index >= 15 is 0 Å². The number of hydrogen-bond donors (Lipinski definition) is 1. The third kappa shape index (κ3) is 4.95. The van der Waals surface area contributed by atoms with E-state index in [0.29, 0.717) is 13.0 Å². The molecule has 0 bridgehead atoms. The number of carbonyl (C=O) groups is 1. The Kier molecular flexibility index (Phi) is 4.97. The molecule has 5 nitrogen and oxygen atoms in total. The van der Waals surface area contributed by atoms with Crippen LogP contribution in [0, 0.1) is 0 Å². The highest BCUT2D eigenvalue weighted by atomic mass is 35.5. The Labute approximate surface area is 134 Å². The Bertz CT molecular complexity index is 629. The molecule has 1 fully saturated rings. The number of likely N-dealkylation sites (N-methyl/N-ethyl adjacent to an activating group) is 1. The molecule has 1 aliphatic rings. The number of hydrogen-bond acceptors (Lipinski definition) is 5. The molecule has 1 aromatic heterocycles. The van der Waals surface area contributed by atoms with E-state index in [4.69, 9.17) is 11.6 Å². The number of carbonyl (C=O) groups excluding carboxylic acids is 1. The Morgan fingerprint density at radius 2 is 2.24 bits per heavy atom. The summed E-state index contributed by atoms with van der Waals surface area (Å²) >= 11 is 7.36. The molecule has 0 aromatic carbocycles. The molecule has 21 heavy (non-hydrogen) atoms. The highest BCUT2D eigenvalue weighted by Crippen LogP contribution is 2.23. The first-order valence-electron chi connectivity index (χ1n) is 6.62. The van der Waals surface area contributed by atoms with Gasteiger partial charge in [-0.05, 0) is 32.5 Å². The van der Waals surface area contributed by atoms with Gasteiger partial charge in [0.15, 0.2) is 9.84 Å². The standard InChI is InChI=1S/C13H19ClN2O3S2/c1-13(5-6-21(18,19)9-13)15-12(17)8-16(2)7-10-3-4-11(14)20-10/h3-4H,5-9H2,1-2H3,(H,15,17). The summed E-state index contributed by atoms with van der Waals surface area (Å²) in [5.74, 6) is 0.0169. The number of nitrogens with one attached hydrogen (secondary N) is 1. The molecule has 1 aliphatic heterocycles. The van der Waals surface area contributed by atoms with Gasteiger partial charge in [0.2, 0.25) is 5.91 Å². The molecule has 2 rings (SSSR count). The van der Waals surface area contributed by atoms with Gasteiger partial charge in [-0.2, -0.15) is 0 Å². The van der Waals surface area contributed by atoms with Crippen LogP contribution in [0.1, 0.15) is 18.2 Å². The number of halogens is 1. The van der Waals surface area contributed by atoms with Crippen LogP contribution >= 0.6 is 22.9 Å². The smallest absolute Gasteiger partial charge is 0.234 e. The van der Waals surface area contributed by atoms with Crippen molar-refractivity contribution in [3.05, 3.63) is 21.3 Å². The van der Waals surface area contributed by atoms with Gasteiger partial charge in [0.05, 0.1) is 27.9 Å². The molecule has 118 valence electrons. The molecule has 1 unspecified atom stereocenters. The summed E-state index contributed by atoms with van der Waals surface area (Å²) < 4.78 is 23.8. The van der Waals surface area contributed by atoms with Crippen molar-refractivity contribution in [2.24, 2.45) is 0 Å². The lowest BCUT2D eigenvalue weighted by Gasteiger charge is -2.25. The first-order valence-corrected chi connectivity index (χ1v) is 9.63. The average molecular weight is 351 g/mol. The first kappa shape index (κ1) is 16.7. The fourth-order valence-corrected chi connectivity index (χ4v) is 5.75. The van der Waals surface area contributed by atoms with Crippen molar-refractivity contribution in [3.63, 3.8) is 0 Å². The van der Waals surface area contributed by atoms with Gasteiger partial charge in [-0.15, -0.1) is 11.3 Å². The van der Waals surface area contributed by atoms with Crippen LogP contribution in [0.4, 0.5) is 0 Å². The third-order valence-electron chi connectivity index (χ3n) is 3.41. The van der Waals surface area contributed by atoms with E-state index in [-0.39, 0.29) is 24.0 Å². The monoisotopic (exact) mass is 350 g/mol. The van der Waals surface area contributed by atoms with Gasteiger partial charge in [0, 0.05) is 11.4 Å². The SMILES string of the molecule is CN(CC(=O)NC1(C)CCS(=O)(=O)C1)Cc1ccc(Cl)s1. The van der Waals surface area contributed by atoms with E-state index < -0.39 is 15.4 Å². The summed E-state index contributed by atoms with van der Waals surface area (Å²) in [4.78, 5) is 15.0. The molecular formula is C13H19ClN2O3S2. The second-order valence-electron chi connectivity index (χ2n) is 5.83. The minimum atomic E-state index is -3.02. The molecule has 8 heteroatoms. The molecule has 1 amide bonds. The van der Waals surface area contributed by atoms with Crippen molar-refractivity contribution in [1.82, 2.24) is 10.2 Å². The molecule has 1 aromatic rings. The Morgan fingerprint density at radius 1 is 1.52 bits per heavy atom. The summed E-state index contributed by atoms with van der Waals surface area (Å²) in [7, 11) is -1.17. The summed E-state index contributed by atoms with van der Waals surface area (Å²) in [6.45, 7) is 2.65. The minimum Gasteiger partial charge on any atom is -0.349 e. The van der Waals surface area contributed by atoms with Gasteiger partial charge in [-0.3, -0.25) is 9.69 Å². The maximum Gasteiger partial charge on any atom is 0.234 e. The summed E-state index contributed by atoms with van der Waals surface area (Å²) in [5, 5.41) is 2.85. The number of thiophene rings is 1. The minimum absolute atomic E-state index is 0.0238. The van der Waals surface area contributed by atoms with Gasteiger partial charge in [-0.1, -0.05) is 11.6 Å². The highest BCUT2D eigenvalue weighted by molar-refractivity contribution is 7.91. The fraction of sp³-hybridized carbons (Fsp3) is 0.615. The number of nitrogens with zero attached hydrogens (tertiary/aromatic N) is 1. The molecule has 1 atom stereocenters. The van der Waals surface area contributed by atoms with Crippen LogP contribution in [0.25, 0.3) is 0 Å². The van der Waals surface area contributed by atoms with Crippen LogP contribution in [0.3, 0.4) is 0 Å². The van der Waals surface area contributed by atoms with Crippen LogP contribution in [-0.2, 0) is 21.2 Å². The quantitative estimate of drug-likeness (QED) is 0.874. The molecule has 1 saturated heterocycles. The molecule has 1 N–H and O–H groups in total. The maximum atomic E-state index is 12.1. The van der Waals surface area contributed by atoms with Crippen LogP contribution in [0.5, 0.6) is 0 Å². The van der Waals surface area contributed by atoms with E-state index in [1.54, 1.807) is 6.92 Å². The topological polar surface area (TPSA) is 66.5 Å². The van der Waals surface area contributed by atoms with Crippen LogP contribution in [-0.4, -0.2) is 49.9 Å². The summed E-state index contributed by atoms with van der Waals surface area (Å²) in [6.07, 6.45) is 0.478. The molecule has 2 heterocycles. The number of amides is 1. The Hall–Kier alpha value is -0.630. The lowest BCUT2D eigenvalue weighted by molar-refractivity contribution is -0.123. The molecule has 0 spiro atoms. The highest BCUT2D eigenvalue weighted by Gasteiger charge is 2.39. The van der Waals surface area contributed by atoms with Gasteiger partial charge in [0.1, 0.15) is 0 Å². The zero-order chi connectivity index (χ0) is 15.7. The normalized spacial score (nSPS) is 24.4. The van der Waals surface area contributed by atoms with Gasteiger partial charge in [0.25, 0.3) is 0 Å². The average Bonchev–Trinajstić information content (AvgIpc) is 2.82. The van der Waals surface area contributed by atoms with E-state index in [0.717, 1.165) is 9.21 Å². The second-order valence-corrected chi connectivity index (χ2v) is 9.81. The number of rotatable bonds is 5. The molecule has 0 aliphatic carbocycles. The molecule has 0 radical (unpaired) electrons. The number of sulfone groups is 1. The predicted octanol–water partition coefficient (Wildman–Crippen LogP) is 1.53. The van der Waals surface area contributed by atoms with E-state index in [9.17, 15) is 13.2 Å². The Balaban J connectivity index is 1.84. The lowest BCUT2D eigenvalue weighted by atomic mass is 10.0. The molecular weight excluding hydrogens is 332 g/mol. The first-order chi connectivity index (χ1) is 9.67. The zero-order valence-corrected chi connectivity index (χ0v) is 14.4. The summed E-state index contributed by atoms with van der Waals surface area (Å²) in [5.41, 5.74) is -0.636. The molecule has 0 saturated carbocycles. The maximum absolute atomic E-state index is 12.1. The Morgan fingerprint density at radius 3 is 2.76 bits per heavy atom. The lowest BCUT2D eigenvalue weighted by Crippen LogP contribution is -2.49. The third-order valence-corrected chi connectivity index (χ3v) is 6.53. The van der Waals surface area contributed by atoms with Crippen molar-refractivity contribution < 1.29 is 13.2 Å². The van der Waals surface area contributed by atoms with E-state index in [1.165, 1.54) is 11.3 Å². The van der Waals surface area contributed by atoms with Crippen molar-refractivity contribution >= 4 is 38.7 Å². The van der Waals surface area contributed by atoms with Crippen molar-refractivity contribution in [3.8, 4) is 0 Å². The van der Waals surface area contributed by atoms with Crippen LogP contribution in [0.2, 0.25) is 4.34 Å². The van der Waals surface area contributed by atoms with Gasteiger partial charge in [-0.25, -0.2) is 8.42 Å². The largest absolute Gasteiger partial charge is 0.349 e. The fourth-order valence-electron chi connectivity index (χ4n) is 2.49. The van der Waals surface area contributed by atoms with Gasteiger partial charge >= 0.3 is 0 Å². The van der Waals surface area contributed by atoms with E-state index in [1.807, 2.05) is 24.1 Å². The van der Waals surface area contributed by atoms with E-state index in [2.05, 4.69) is 5.32 Å². The predicted molar refractivity (Wildman–Crippen MR) is 85.5 cm³/mol. The second kappa shape index (κ2) is 6.24. The van der Waals surface area contributed by atoms with Crippen molar-refractivity contribution in [2.75, 3.05) is 25.1 Å². The van der Waals surface area contributed by atoms with Crippen molar-refractivity contribution in [1.29, 1.82) is 0 Å². The van der Waals surface area contributed by atoms with Crippen LogP contribution in [0.15, 0.2) is 12.1 Å². The zero-order valence-electron chi connectivity index (χ0n) is 12.1. The summed E-state index contributed by atoms with van der Waals surface area (Å²) in [6, 6.07) is 3.77. The van der Waals surface area contributed by atoms with Crippen molar-refractivity contribution in [2.45, 2.75) is 25.4 Å². The van der Waals surface area contributed by atoms with Gasteiger partial charge < -0.3 is 5.32 Å².